The summed E-state index contributed by atoms with van der Waals surface area (Å²) in [4.78, 5) is 0. The molecule has 0 aliphatic carbocycles. The van der Waals surface area contributed by atoms with E-state index in [9.17, 15) is 14.6 Å². The first-order valence-electron chi connectivity index (χ1n) is 4.84. The number of hydrogen-bond donors (Lipinski definition) is 2. The van der Waals surface area contributed by atoms with E-state index in [-0.39, 0.29) is 12.2 Å². The summed E-state index contributed by atoms with van der Waals surface area (Å²) < 4.78 is 13.7. The molecule has 0 heterocycles. The van der Waals surface area contributed by atoms with E-state index >= 15 is 0 Å². The van der Waals surface area contributed by atoms with Crippen molar-refractivity contribution in [2.24, 2.45) is 0 Å². The molecule has 0 saturated heterocycles. The Balaban J connectivity index is 2.75. The SMILES string of the molecule is CCC(O)C(O)Cc1cc(F)ccc1Br. The molecule has 2 atom stereocenters. The highest BCUT2D eigenvalue weighted by Crippen LogP contribution is 2.20. The van der Waals surface area contributed by atoms with Crippen molar-refractivity contribution in [1.29, 1.82) is 0 Å². The summed E-state index contributed by atoms with van der Waals surface area (Å²) in [6, 6.07) is 4.29. The fourth-order valence-electron chi connectivity index (χ4n) is 1.33. The van der Waals surface area contributed by atoms with Gasteiger partial charge in [-0.2, -0.15) is 0 Å². The maximum Gasteiger partial charge on any atom is 0.123 e. The zero-order valence-electron chi connectivity index (χ0n) is 8.45. The molecule has 0 spiro atoms. The third kappa shape index (κ3) is 3.55. The monoisotopic (exact) mass is 276 g/mol. The molecule has 15 heavy (non-hydrogen) atoms. The molecule has 2 nitrogen and oxygen atoms in total. The Bertz CT molecular complexity index is 330. The van der Waals surface area contributed by atoms with E-state index in [4.69, 9.17) is 0 Å². The summed E-state index contributed by atoms with van der Waals surface area (Å²) in [5.41, 5.74) is 0.662. The second-order valence-corrected chi connectivity index (χ2v) is 4.34. The van der Waals surface area contributed by atoms with Crippen LogP contribution in [0.2, 0.25) is 0 Å². The van der Waals surface area contributed by atoms with E-state index in [1.54, 1.807) is 13.0 Å². The van der Waals surface area contributed by atoms with Gasteiger partial charge in [0.05, 0.1) is 12.2 Å². The predicted octanol–water partition coefficient (Wildman–Crippen LogP) is 2.26. The lowest BCUT2D eigenvalue weighted by atomic mass is 10.0. The quantitative estimate of drug-likeness (QED) is 0.886. The van der Waals surface area contributed by atoms with Crippen LogP contribution in [0, 0.1) is 5.82 Å². The van der Waals surface area contributed by atoms with Gasteiger partial charge in [-0.1, -0.05) is 22.9 Å². The van der Waals surface area contributed by atoms with Gasteiger partial charge in [-0.3, -0.25) is 0 Å². The van der Waals surface area contributed by atoms with Gasteiger partial charge in [0.15, 0.2) is 0 Å². The first kappa shape index (κ1) is 12.6. The molecule has 0 aliphatic heterocycles. The van der Waals surface area contributed by atoms with E-state index in [2.05, 4.69) is 15.9 Å². The minimum atomic E-state index is -0.854. The van der Waals surface area contributed by atoms with Crippen molar-refractivity contribution < 1.29 is 14.6 Å². The second-order valence-electron chi connectivity index (χ2n) is 3.48. The molecule has 0 fully saturated rings. The molecule has 1 aromatic carbocycles. The smallest absolute Gasteiger partial charge is 0.123 e. The minimum Gasteiger partial charge on any atom is -0.390 e. The molecule has 0 aliphatic rings. The van der Waals surface area contributed by atoms with Crippen LogP contribution >= 0.6 is 15.9 Å². The average molecular weight is 277 g/mol. The van der Waals surface area contributed by atoms with Crippen LogP contribution in [0.1, 0.15) is 18.9 Å². The molecule has 4 heteroatoms. The van der Waals surface area contributed by atoms with Crippen LogP contribution in [0.25, 0.3) is 0 Å². The third-order valence-corrected chi connectivity index (χ3v) is 3.07. The van der Waals surface area contributed by atoms with Gasteiger partial charge in [-0.25, -0.2) is 4.39 Å². The van der Waals surface area contributed by atoms with Crippen molar-refractivity contribution in [2.75, 3.05) is 0 Å². The Labute approximate surface area is 96.9 Å². The normalized spacial score (nSPS) is 15.0. The summed E-state index contributed by atoms with van der Waals surface area (Å²) in [5.74, 6) is -0.341. The molecule has 84 valence electrons. The lowest BCUT2D eigenvalue weighted by molar-refractivity contribution is 0.0180. The lowest BCUT2D eigenvalue weighted by Crippen LogP contribution is -2.27. The molecule has 0 amide bonds. The van der Waals surface area contributed by atoms with Crippen molar-refractivity contribution in [3.8, 4) is 0 Å². The van der Waals surface area contributed by atoms with Gasteiger partial charge in [-0.05, 0) is 30.2 Å². The van der Waals surface area contributed by atoms with Crippen molar-refractivity contribution in [3.63, 3.8) is 0 Å². The molecular weight excluding hydrogens is 263 g/mol. The van der Waals surface area contributed by atoms with Crippen molar-refractivity contribution in [2.45, 2.75) is 32.0 Å². The number of aliphatic hydroxyl groups is 2. The largest absolute Gasteiger partial charge is 0.390 e. The lowest BCUT2D eigenvalue weighted by Gasteiger charge is -2.16. The van der Waals surface area contributed by atoms with E-state index in [0.717, 1.165) is 4.47 Å². The predicted molar refractivity (Wildman–Crippen MR) is 60.1 cm³/mol. The van der Waals surface area contributed by atoms with Gasteiger partial charge in [0.2, 0.25) is 0 Å². The van der Waals surface area contributed by atoms with Gasteiger partial charge < -0.3 is 10.2 Å². The molecule has 0 radical (unpaired) electrons. The molecule has 0 bridgehead atoms. The van der Waals surface area contributed by atoms with Crippen molar-refractivity contribution in [3.05, 3.63) is 34.1 Å². The van der Waals surface area contributed by atoms with Crippen molar-refractivity contribution >= 4 is 15.9 Å². The van der Waals surface area contributed by atoms with Gasteiger partial charge in [0.25, 0.3) is 0 Å². The first-order valence-corrected chi connectivity index (χ1v) is 5.64. The Hall–Kier alpha value is -0.450. The Kier molecular flexibility index (Phi) is 4.70. The van der Waals surface area contributed by atoms with Crippen LogP contribution < -0.4 is 0 Å². The Morgan fingerprint density at radius 3 is 2.60 bits per heavy atom. The van der Waals surface area contributed by atoms with Gasteiger partial charge >= 0.3 is 0 Å². The number of hydrogen-bond acceptors (Lipinski definition) is 2. The maximum atomic E-state index is 12.9. The average Bonchev–Trinajstić information content (AvgIpc) is 2.22. The summed E-state index contributed by atoms with van der Waals surface area (Å²) in [6.07, 6.45) is -0.894. The number of rotatable bonds is 4. The van der Waals surface area contributed by atoms with Crippen LogP contribution in [0.3, 0.4) is 0 Å². The minimum absolute atomic E-state index is 0.243. The van der Waals surface area contributed by atoms with E-state index in [1.165, 1.54) is 12.1 Å². The fraction of sp³-hybridized carbons (Fsp3) is 0.455. The fourth-order valence-corrected chi connectivity index (χ4v) is 1.74. The number of aliphatic hydroxyl groups excluding tert-OH is 2. The number of halogens is 2. The van der Waals surface area contributed by atoms with Crippen LogP contribution in [0.15, 0.2) is 22.7 Å². The second kappa shape index (κ2) is 5.58. The summed E-state index contributed by atoms with van der Waals surface area (Å²) in [6.45, 7) is 1.79. The highest BCUT2D eigenvalue weighted by atomic mass is 79.9. The molecule has 2 N–H and O–H groups in total. The van der Waals surface area contributed by atoms with Crippen molar-refractivity contribution in [1.82, 2.24) is 0 Å². The van der Waals surface area contributed by atoms with Crippen LogP contribution in [0.5, 0.6) is 0 Å². The Morgan fingerprint density at radius 2 is 2.00 bits per heavy atom. The van der Waals surface area contributed by atoms with Gasteiger partial charge in [0.1, 0.15) is 5.82 Å². The van der Waals surface area contributed by atoms with E-state index in [1.807, 2.05) is 0 Å². The van der Waals surface area contributed by atoms with Crippen LogP contribution in [0.4, 0.5) is 4.39 Å². The number of benzene rings is 1. The zero-order chi connectivity index (χ0) is 11.4. The zero-order valence-corrected chi connectivity index (χ0v) is 10.0. The highest BCUT2D eigenvalue weighted by molar-refractivity contribution is 9.10. The summed E-state index contributed by atoms with van der Waals surface area (Å²) in [5, 5.41) is 19.0. The Morgan fingerprint density at radius 1 is 1.33 bits per heavy atom. The summed E-state index contributed by atoms with van der Waals surface area (Å²) >= 11 is 3.27. The topological polar surface area (TPSA) is 40.5 Å². The van der Waals surface area contributed by atoms with Crippen LogP contribution in [-0.2, 0) is 6.42 Å². The highest BCUT2D eigenvalue weighted by Gasteiger charge is 2.16. The van der Waals surface area contributed by atoms with Gasteiger partial charge in [0, 0.05) is 10.9 Å². The molecule has 2 unspecified atom stereocenters. The molecule has 0 aromatic heterocycles. The molecule has 0 saturated carbocycles. The molecule has 1 rings (SSSR count). The first-order chi connectivity index (χ1) is 7.04. The maximum absolute atomic E-state index is 12.9. The van der Waals surface area contributed by atoms with E-state index in [0.29, 0.717) is 12.0 Å². The standard InChI is InChI=1S/C11H14BrFO2/c1-2-10(14)11(15)6-7-5-8(13)3-4-9(7)12/h3-5,10-11,14-15H,2,6H2,1H3. The van der Waals surface area contributed by atoms with Crippen LogP contribution in [-0.4, -0.2) is 22.4 Å². The summed E-state index contributed by atoms with van der Waals surface area (Å²) in [7, 11) is 0. The van der Waals surface area contributed by atoms with E-state index < -0.39 is 12.2 Å². The molecule has 1 aromatic rings. The molecular formula is C11H14BrFO2. The van der Waals surface area contributed by atoms with Gasteiger partial charge in [-0.15, -0.1) is 0 Å². The third-order valence-electron chi connectivity index (χ3n) is 2.30.